The summed E-state index contributed by atoms with van der Waals surface area (Å²) < 4.78 is 0. The van der Waals surface area contributed by atoms with Crippen LogP contribution in [0.3, 0.4) is 0 Å². The van der Waals surface area contributed by atoms with E-state index in [2.05, 4.69) is 30.6 Å². The van der Waals surface area contributed by atoms with Gasteiger partial charge in [0.25, 0.3) is 0 Å². The lowest BCUT2D eigenvalue weighted by Gasteiger charge is -2.28. The minimum absolute atomic E-state index is 0.00223. The maximum Gasteiger partial charge on any atom is 0.240 e. The van der Waals surface area contributed by atoms with E-state index in [0.717, 1.165) is 13.0 Å². The number of hydrogen-bond donors (Lipinski definition) is 1. The van der Waals surface area contributed by atoms with Gasteiger partial charge in [-0.3, -0.25) is 4.79 Å². The van der Waals surface area contributed by atoms with Gasteiger partial charge in [0.05, 0.1) is 12.1 Å². The molecule has 0 aliphatic carbocycles. The molecule has 3 atom stereocenters. The van der Waals surface area contributed by atoms with Crippen LogP contribution in [0, 0.1) is 5.92 Å². The van der Waals surface area contributed by atoms with Gasteiger partial charge in [-0.1, -0.05) is 13.0 Å². The molecule has 4 heteroatoms. The fourth-order valence-corrected chi connectivity index (χ4v) is 3.12. The lowest BCUT2D eigenvalue weighted by Crippen LogP contribution is -2.44. The molecule has 94 valence electrons. The molecule has 17 heavy (non-hydrogen) atoms. The molecule has 3 nitrogen and oxygen atoms in total. The van der Waals surface area contributed by atoms with Crippen molar-refractivity contribution < 1.29 is 4.79 Å². The van der Waals surface area contributed by atoms with E-state index in [1.807, 2.05) is 18.0 Å². The van der Waals surface area contributed by atoms with Gasteiger partial charge in [0.2, 0.25) is 5.91 Å². The van der Waals surface area contributed by atoms with Crippen molar-refractivity contribution in [2.24, 2.45) is 5.92 Å². The van der Waals surface area contributed by atoms with Gasteiger partial charge in [0.1, 0.15) is 0 Å². The Morgan fingerprint density at radius 3 is 2.94 bits per heavy atom. The predicted molar refractivity (Wildman–Crippen MR) is 71.1 cm³/mol. The Labute approximate surface area is 107 Å². The van der Waals surface area contributed by atoms with Crippen molar-refractivity contribution in [3.05, 3.63) is 22.4 Å². The van der Waals surface area contributed by atoms with Crippen LogP contribution in [0.1, 0.15) is 31.2 Å². The maximum absolute atomic E-state index is 12.4. The summed E-state index contributed by atoms with van der Waals surface area (Å²) in [5.74, 6) is 0.663. The van der Waals surface area contributed by atoms with Crippen molar-refractivity contribution in [2.75, 3.05) is 13.6 Å². The molecule has 1 aliphatic rings. The number of carbonyl (C=O) groups excluding carboxylic acids is 1. The molecule has 0 spiro atoms. The standard InChI is InChI=1S/C13H20N2OS/c1-9-6-7-14-12(9)13(16)15(3)10(2)11-5-4-8-17-11/h4-5,8-10,12,14H,6-7H2,1-3H3. The molecule has 1 aliphatic heterocycles. The minimum Gasteiger partial charge on any atom is -0.337 e. The fraction of sp³-hybridized carbons (Fsp3) is 0.615. The molecule has 0 bridgehead atoms. The number of amides is 1. The topological polar surface area (TPSA) is 32.3 Å². The van der Waals surface area contributed by atoms with Gasteiger partial charge in [0, 0.05) is 11.9 Å². The summed E-state index contributed by atoms with van der Waals surface area (Å²) in [6, 6.07) is 4.29. The normalized spacial score (nSPS) is 25.8. The van der Waals surface area contributed by atoms with Crippen LogP contribution in [-0.4, -0.2) is 30.4 Å². The number of hydrogen-bond acceptors (Lipinski definition) is 3. The number of nitrogens with one attached hydrogen (secondary N) is 1. The van der Waals surface area contributed by atoms with Gasteiger partial charge >= 0.3 is 0 Å². The van der Waals surface area contributed by atoms with E-state index >= 15 is 0 Å². The highest BCUT2D eigenvalue weighted by Crippen LogP contribution is 2.25. The van der Waals surface area contributed by atoms with Gasteiger partial charge in [-0.15, -0.1) is 11.3 Å². The monoisotopic (exact) mass is 252 g/mol. The van der Waals surface area contributed by atoms with Crippen molar-refractivity contribution in [1.29, 1.82) is 0 Å². The second kappa shape index (κ2) is 5.19. The van der Waals surface area contributed by atoms with Crippen LogP contribution in [0.2, 0.25) is 0 Å². The third kappa shape index (κ3) is 2.53. The van der Waals surface area contributed by atoms with E-state index in [-0.39, 0.29) is 18.0 Å². The molecule has 1 aromatic heterocycles. The van der Waals surface area contributed by atoms with E-state index in [1.54, 1.807) is 11.3 Å². The Balaban J connectivity index is 2.04. The average molecular weight is 252 g/mol. The third-order valence-electron chi connectivity index (χ3n) is 3.68. The summed E-state index contributed by atoms with van der Waals surface area (Å²) in [4.78, 5) is 15.5. The van der Waals surface area contributed by atoms with E-state index in [4.69, 9.17) is 0 Å². The largest absolute Gasteiger partial charge is 0.337 e. The summed E-state index contributed by atoms with van der Waals surface area (Å²) in [5.41, 5.74) is 0. The molecule has 0 radical (unpaired) electrons. The van der Waals surface area contributed by atoms with E-state index < -0.39 is 0 Å². The van der Waals surface area contributed by atoms with Crippen molar-refractivity contribution in [1.82, 2.24) is 10.2 Å². The van der Waals surface area contributed by atoms with E-state index in [1.165, 1.54) is 4.88 Å². The Bertz CT molecular complexity index is 377. The van der Waals surface area contributed by atoms with Crippen LogP contribution in [-0.2, 0) is 4.79 Å². The number of rotatable bonds is 3. The van der Waals surface area contributed by atoms with E-state index in [0.29, 0.717) is 5.92 Å². The first kappa shape index (κ1) is 12.6. The van der Waals surface area contributed by atoms with Crippen molar-refractivity contribution >= 4 is 17.2 Å². The summed E-state index contributed by atoms with van der Waals surface area (Å²) in [6.07, 6.45) is 1.09. The molecular formula is C13H20N2OS. The Hall–Kier alpha value is -0.870. The summed E-state index contributed by atoms with van der Waals surface area (Å²) in [5, 5.41) is 5.36. The number of nitrogens with zero attached hydrogens (tertiary/aromatic N) is 1. The molecule has 1 saturated heterocycles. The highest BCUT2D eigenvalue weighted by Gasteiger charge is 2.33. The Kier molecular flexibility index (Phi) is 3.84. The fourth-order valence-electron chi connectivity index (χ4n) is 2.30. The molecule has 0 aromatic carbocycles. The lowest BCUT2D eigenvalue weighted by molar-refractivity contribution is -0.134. The highest BCUT2D eigenvalue weighted by atomic mass is 32.1. The van der Waals surface area contributed by atoms with Crippen LogP contribution in [0.5, 0.6) is 0 Å². The molecule has 3 unspecified atom stereocenters. The van der Waals surface area contributed by atoms with E-state index in [9.17, 15) is 4.79 Å². The molecule has 0 saturated carbocycles. The molecular weight excluding hydrogens is 232 g/mol. The van der Waals surface area contributed by atoms with Crippen molar-refractivity contribution in [2.45, 2.75) is 32.4 Å². The smallest absolute Gasteiger partial charge is 0.240 e. The van der Waals surface area contributed by atoms with Gasteiger partial charge in [-0.05, 0) is 37.3 Å². The summed E-state index contributed by atoms with van der Waals surface area (Å²) in [6.45, 7) is 5.19. The lowest BCUT2D eigenvalue weighted by atomic mass is 10.0. The van der Waals surface area contributed by atoms with Gasteiger partial charge in [0.15, 0.2) is 0 Å². The van der Waals surface area contributed by atoms with Crippen LogP contribution in [0.25, 0.3) is 0 Å². The molecule has 1 amide bonds. The van der Waals surface area contributed by atoms with Crippen LogP contribution in [0.15, 0.2) is 17.5 Å². The second-order valence-electron chi connectivity index (χ2n) is 4.84. The minimum atomic E-state index is 0.00223. The maximum atomic E-state index is 12.4. The number of likely N-dealkylation sites (N-methyl/N-ethyl adjacent to an activating group) is 1. The van der Waals surface area contributed by atoms with Crippen molar-refractivity contribution in [3.63, 3.8) is 0 Å². The molecule has 2 heterocycles. The zero-order valence-electron chi connectivity index (χ0n) is 10.6. The van der Waals surface area contributed by atoms with Gasteiger partial charge < -0.3 is 10.2 Å². The predicted octanol–water partition coefficient (Wildman–Crippen LogP) is 2.27. The van der Waals surface area contributed by atoms with Gasteiger partial charge in [-0.25, -0.2) is 0 Å². The van der Waals surface area contributed by atoms with Crippen LogP contribution < -0.4 is 5.32 Å². The van der Waals surface area contributed by atoms with Crippen LogP contribution >= 0.6 is 11.3 Å². The molecule has 1 fully saturated rings. The average Bonchev–Trinajstić information content (AvgIpc) is 2.96. The first-order valence-electron chi connectivity index (χ1n) is 6.14. The number of thiophene rings is 1. The van der Waals surface area contributed by atoms with Crippen molar-refractivity contribution in [3.8, 4) is 0 Å². The van der Waals surface area contributed by atoms with Crippen LogP contribution in [0.4, 0.5) is 0 Å². The summed E-state index contributed by atoms with van der Waals surface area (Å²) in [7, 11) is 1.90. The zero-order chi connectivity index (χ0) is 12.4. The Morgan fingerprint density at radius 2 is 2.41 bits per heavy atom. The third-order valence-corrected chi connectivity index (χ3v) is 4.73. The number of carbonyl (C=O) groups is 1. The molecule has 1 N–H and O–H groups in total. The Morgan fingerprint density at radius 1 is 1.65 bits per heavy atom. The quantitative estimate of drug-likeness (QED) is 0.895. The molecule has 2 rings (SSSR count). The van der Waals surface area contributed by atoms with Gasteiger partial charge in [-0.2, -0.15) is 0 Å². The highest BCUT2D eigenvalue weighted by molar-refractivity contribution is 7.10. The first-order valence-corrected chi connectivity index (χ1v) is 7.02. The second-order valence-corrected chi connectivity index (χ2v) is 5.82. The first-order chi connectivity index (χ1) is 8.11. The molecule has 1 aromatic rings. The summed E-state index contributed by atoms with van der Waals surface area (Å²) >= 11 is 1.71. The SMILES string of the molecule is CC1CCNC1C(=O)N(C)C(C)c1cccs1. The zero-order valence-corrected chi connectivity index (χ0v) is 11.5.